The van der Waals surface area contributed by atoms with Gasteiger partial charge in [0.25, 0.3) is 0 Å². The Morgan fingerprint density at radius 1 is 1.24 bits per heavy atom. The highest BCUT2D eigenvalue weighted by atomic mass is 16.3. The van der Waals surface area contributed by atoms with E-state index < -0.39 is 0 Å². The third-order valence-corrected chi connectivity index (χ3v) is 3.85. The molecule has 0 amide bonds. The molecule has 0 radical (unpaired) electrons. The first-order valence-electron chi connectivity index (χ1n) is 7.59. The Labute approximate surface area is 124 Å². The summed E-state index contributed by atoms with van der Waals surface area (Å²) in [6.45, 7) is 2.89. The Bertz CT molecular complexity index is 605. The summed E-state index contributed by atoms with van der Waals surface area (Å²) in [5, 5.41) is 17.4. The minimum Gasteiger partial charge on any atom is -0.396 e. The van der Waals surface area contributed by atoms with Crippen LogP contribution in [-0.2, 0) is 7.05 Å². The topological polar surface area (TPSA) is 79.1 Å². The lowest BCUT2D eigenvalue weighted by molar-refractivity contribution is 0.292. The zero-order chi connectivity index (χ0) is 14.7. The minimum atomic E-state index is 0.174. The van der Waals surface area contributed by atoms with Crippen molar-refractivity contribution < 1.29 is 5.11 Å². The molecule has 7 heteroatoms. The summed E-state index contributed by atoms with van der Waals surface area (Å²) in [5.41, 5.74) is 0.845. The maximum absolute atomic E-state index is 8.92. The number of fused-ring (bicyclic) bond motifs is 1. The highest BCUT2D eigenvalue weighted by molar-refractivity contribution is 5.87. The molecule has 7 nitrogen and oxygen atoms in total. The van der Waals surface area contributed by atoms with E-state index in [1.54, 1.807) is 10.9 Å². The van der Waals surface area contributed by atoms with Crippen LogP contribution in [-0.4, -0.2) is 51.1 Å². The summed E-state index contributed by atoms with van der Waals surface area (Å²) in [6, 6.07) is 0. The maximum Gasteiger partial charge on any atom is 0.229 e. The van der Waals surface area contributed by atoms with Gasteiger partial charge < -0.3 is 15.3 Å². The Kier molecular flexibility index (Phi) is 4.19. The number of hydrogen-bond donors (Lipinski definition) is 2. The lowest BCUT2D eigenvalue weighted by atomic mass is 10.1. The van der Waals surface area contributed by atoms with Crippen LogP contribution in [0, 0.1) is 0 Å². The number of nitrogens with one attached hydrogen (secondary N) is 1. The Balaban J connectivity index is 1.94. The number of nitrogens with zero attached hydrogens (tertiary/aromatic N) is 5. The molecule has 0 spiro atoms. The zero-order valence-corrected chi connectivity index (χ0v) is 12.4. The van der Waals surface area contributed by atoms with Gasteiger partial charge in [0.2, 0.25) is 5.95 Å². The Hall–Kier alpha value is -1.89. The van der Waals surface area contributed by atoms with Gasteiger partial charge in [-0.3, -0.25) is 4.68 Å². The standard InChI is InChI=1S/C14H22N6O/c1-19-13-11(10-16-19)12(15-6-5-9-21)17-14(18-13)20-7-3-2-4-8-20/h10,21H,2-9H2,1H3,(H,15,17,18). The first kappa shape index (κ1) is 14.1. The SMILES string of the molecule is Cn1ncc2c(NCCCO)nc(N3CCCCC3)nc21. The van der Waals surface area contributed by atoms with Crippen LogP contribution in [0.1, 0.15) is 25.7 Å². The fraction of sp³-hybridized carbons (Fsp3) is 0.643. The predicted molar refractivity (Wildman–Crippen MR) is 82.6 cm³/mol. The molecule has 1 aliphatic rings. The lowest BCUT2D eigenvalue weighted by Crippen LogP contribution is -2.31. The van der Waals surface area contributed by atoms with Gasteiger partial charge in [0.1, 0.15) is 5.82 Å². The Morgan fingerprint density at radius 3 is 2.81 bits per heavy atom. The highest BCUT2D eigenvalue weighted by Crippen LogP contribution is 2.24. The second kappa shape index (κ2) is 6.26. The van der Waals surface area contributed by atoms with E-state index in [0.29, 0.717) is 13.0 Å². The molecular formula is C14H22N6O. The van der Waals surface area contributed by atoms with Gasteiger partial charge in [-0.15, -0.1) is 0 Å². The van der Waals surface area contributed by atoms with Crippen molar-refractivity contribution in [3.05, 3.63) is 6.20 Å². The van der Waals surface area contributed by atoms with Gasteiger partial charge >= 0.3 is 0 Å². The molecule has 2 aromatic rings. The smallest absolute Gasteiger partial charge is 0.229 e. The second-order valence-corrected chi connectivity index (χ2v) is 5.43. The molecule has 3 heterocycles. The van der Waals surface area contributed by atoms with E-state index in [9.17, 15) is 0 Å². The first-order chi connectivity index (χ1) is 10.3. The van der Waals surface area contributed by atoms with Crippen molar-refractivity contribution in [2.45, 2.75) is 25.7 Å². The quantitative estimate of drug-likeness (QED) is 0.804. The normalized spacial score (nSPS) is 15.6. The number of rotatable bonds is 5. The molecule has 21 heavy (non-hydrogen) atoms. The van der Waals surface area contributed by atoms with Crippen molar-refractivity contribution in [2.24, 2.45) is 7.05 Å². The molecule has 2 aromatic heterocycles. The average molecular weight is 290 g/mol. The van der Waals surface area contributed by atoms with Gasteiger partial charge in [0.15, 0.2) is 5.65 Å². The predicted octanol–water partition coefficient (Wildman–Crippen LogP) is 1.15. The van der Waals surface area contributed by atoms with E-state index in [0.717, 1.165) is 35.9 Å². The van der Waals surface area contributed by atoms with Crippen molar-refractivity contribution in [3.8, 4) is 0 Å². The van der Waals surface area contributed by atoms with Crippen LogP contribution in [0.2, 0.25) is 0 Å². The molecule has 114 valence electrons. The zero-order valence-electron chi connectivity index (χ0n) is 12.4. The molecule has 0 atom stereocenters. The number of aromatic nitrogens is 4. The third kappa shape index (κ3) is 2.92. The number of aryl methyl sites for hydroxylation is 1. The average Bonchev–Trinajstić information content (AvgIpc) is 2.90. The first-order valence-corrected chi connectivity index (χ1v) is 7.59. The van der Waals surface area contributed by atoms with Crippen LogP contribution in [0.5, 0.6) is 0 Å². The van der Waals surface area contributed by atoms with Crippen molar-refractivity contribution in [1.29, 1.82) is 0 Å². The van der Waals surface area contributed by atoms with Gasteiger partial charge in [-0.05, 0) is 25.7 Å². The lowest BCUT2D eigenvalue weighted by Gasteiger charge is -2.27. The van der Waals surface area contributed by atoms with Crippen LogP contribution in [0.3, 0.4) is 0 Å². The molecule has 0 unspecified atom stereocenters. The van der Waals surface area contributed by atoms with Crippen molar-refractivity contribution in [3.63, 3.8) is 0 Å². The van der Waals surface area contributed by atoms with E-state index >= 15 is 0 Å². The van der Waals surface area contributed by atoms with E-state index in [4.69, 9.17) is 5.11 Å². The van der Waals surface area contributed by atoms with Gasteiger partial charge in [0.05, 0.1) is 11.6 Å². The largest absolute Gasteiger partial charge is 0.396 e. The number of piperidine rings is 1. The minimum absolute atomic E-state index is 0.174. The molecule has 0 saturated carbocycles. The molecule has 0 bridgehead atoms. The van der Waals surface area contributed by atoms with E-state index in [1.165, 1.54) is 19.3 Å². The number of anilines is 2. The molecule has 0 aliphatic carbocycles. The number of aliphatic hydroxyl groups excluding tert-OH is 1. The summed E-state index contributed by atoms with van der Waals surface area (Å²) in [6.07, 6.45) is 6.16. The van der Waals surface area contributed by atoms with E-state index in [2.05, 4.69) is 25.3 Å². The summed E-state index contributed by atoms with van der Waals surface area (Å²) in [5.74, 6) is 1.58. The molecule has 2 N–H and O–H groups in total. The van der Waals surface area contributed by atoms with Gasteiger partial charge in [0, 0.05) is 33.3 Å². The van der Waals surface area contributed by atoms with Gasteiger partial charge in [-0.1, -0.05) is 0 Å². The van der Waals surface area contributed by atoms with Crippen LogP contribution in [0.25, 0.3) is 11.0 Å². The molecule has 1 aliphatic heterocycles. The molecule has 1 saturated heterocycles. The van der Waals surface area contributed by atoms with Gasteiger partial charge in [-0.2, -0.15) is 15.1 Å². The highest BCUT2D eigenvalue weighted by Gasteiger charge is 2.17. The Morgan fingerprint density at radius 2 is 2.05 bits per heavy atom. The summed E-state index contributed by atoms with van der Waals surface area (Å²) in [4.78, 5) is 11.6. The molecule has 3 rings (SSSR count). The summed E-state index contributed by atoms with van der Waals surface area (Å²) >= 11 is 0. The maximum atomic E-state index is 8.92. The van der Waals surface area contributed by atoms with E-state index in [-0.39, 0.29) is 6.61 Å². The molecular weight excluding hydrogens is 268 g/mol. The summed E-state index contributed by atoms with van der Waals surface area (Å²) < 4.78 is 1.78. The fourth-order valence-corrected chi connectivity index (χ4v) is 2.67. The summed E-state index contributed by atoms with van der Waals surface area (Å²) in [7, 11) is 1.90. The monoisotopic (exact) mass is 290 g/mol. The van der Waals surface area contributed by atoms with Crippen molar-refractivity contribution in [1.82, 2.24) is 19.7 Å². The molecule has 1 fully saturated rings. The van der Waals surface area contributed by atoms with Crippen molar-refractivity contribution >= 4 is 22.8 Å². The van der Waals surface area contributed by atoms with E-state index in [1.807, 2.05) is 7.05 Å². The van der Waals surface area contributed by atoms with Crippen LogP contribution < -0.4 is 10.2 Å². The fourth-order valence-electron chi connectivity index (χ4n) is 2.67. The molecule has 0 aromatic carbocycles. The third-order valence-electron chi connectivity index (χ3n) is 3.85. The second-order valence-electron chi connectivity index (χ2n) is 5.43. The van der Waals surface area contributed by atoms with Crippen LogP contribution in [0.4, 0.5) is 11.8 Å². The van der Waals surface area contributed by atoms with Gasteiger partial charge in [-0.25, -0.2) is 0 Å². The number of aliphatic hydroxyl groups is 1. The van der Waals surface area contributed by atoms with Crippen molar-refractivity contribution in [2.75, 3.05) is 36.5 Å². The van der Waals surface area contributed by atoms with Crippen LogP contribution in [0.15, 0.2) is 6.20 Å². The van der Waals surface area contributed by atoms with Crippen LogP contribution >= 0.6 is 0 Å². The number of hydrogen-bond acceptors (Lipinski definition) is 6.